The number of hydrogen-bond donors (Lipinski definition) is 2. The minimum absolute atomic E-state index is 0.0755. The number of nitrogens with one attached hydrogen (secondary N) is 2. The zero-order chi connectivity index (χ0) is 16.2. The lowest BCUT2D eigenvalue weighted by Gasteiger charge is -2.07. The minimum Gasteiger partial charge on any atom is -0.368 e. The van der Waals surface area contributed by atoms with Gasteiger partial charge in [-0.3, -0.25) is 4.79 Å². The Bertz CT molecular complexity index is 841. The standard InChI is InChI=1S/C16H18N6O/c1-11-19-15-7-6-14(21-22(15)20-11)18-9-8-12-4-3-5-13(10-12)16(23)17-2/h3-7,10H,8-9H2,1-2H3,(H,17,23)(H,18,21). The molecule has 2 aromatic heterocycles. The molecule has 3 rings (SSSR count). The largest absolute Gasteiger partial charge is 0.368 e. The van der Waals surface area contributed by atoms with E-state index in [9.17, 15) is 4.79 Å². The van der Waals surface area contributed by atoms with Gasteiger partial charge in [0.1, 0.15) is 11.6 Å². The second-order valence-electron chi connectivity index (χ2n) is 5.18. The molecule has 1 aromatic carbocycles. The Labute approximate surface area is 133 Å². The van der Waals surface area contributed by atoms with E-state index in [1.807, 2.05) is 37.3 Å². The maximum Gasteiger partial charge on any atom is 0.251 e. The van der Waals surface area contributed by atoms with E-state index in [1.54, 1.807) is 13.1 Å². The fraction of sp³-hybridized carbons (Fsp3) is 0.250. The van der Waals surface area contributed by atoms with Gasteiger partial charge in [-0.1, -0.05) is 12.1 Å². The van der Waals surface area contributed by atoms with Gasteiger partial charge >= 0.3 is 0 Å². The second kappa shape index (κ2) is 6.43. The number of fused-ring (bicyclic) bond motifs is 1. The molecular weight excluding hydrogens is 292 g/mol. The molecule has 0 aliphatic heterocycles. The molecule has 2 N–H and O–H groups in total. The predicted molar refractivity (Wildman–Crippen MR) is 87.5 cm³/mol. The van der Waals surface area contributed by atoms with E-state index < -0.39 is 0 Å². The Kier molecular flexibility index (Phi) is 4.18. The van der Waals surface area contributed by atoms with Crippen molar-refractivity contribution < 1.29 is 4.79 Å². The number of amides is 1. The molecule has 2 heterocycles. The summed E-state index contributed by atoms with van der Waals surface area (Å²) in [6.07, 6.45) is 0.793. The summed E-state index contributed by atoms with van der Waals surface area (Å²) in [4.78, 5) is 15.9. The van der Waals surface area contributed by atoms with Crippen molar-refractivity contribution in [3.05, 3.63) is 53.3 Å². The Balaban J connectivity index is 1.63. The van der Waals surface area contributed by atoms with E-state index in [2.05, 4.69) is 25.8 Å². The van der Waals surface area contributed by atoms with Crippen molar-refractivity contribution in [1.82, 2.24) is 25.1 Å². The number of benzene rings is 1. The third-order valence-corrected chi connectivity index (χ3v) is 3.45. The average molecular weight is 310 g/mol. The zero-order valence-electron chi connectivity index (χ0n) is 13.1. The molecule has 1 amide bonds. The van der Waals surface area contributed by atoms with Crippen LogP contribution in [0.15, 0.2) is 36.4 Å². The van der Waals surface area contributed by atoms with Crippen molar-refractivity contribution in [3.8, 4) is 0 Å². The molecule has 3 aromatic rings. The van der Waals surface area contributed by atoms with Gasteiger partial charge in [-0.15, -0.1) is 14.8 Å². The average Bonchev–Trinajstić information content (AvgIpc) is 2.93. The van der Waals surface area contributed by atoms with Crippen LogP contribution in [0.3, 0.4) is 0 Å². The quantitative estimate of drug-likeness (QED) is 0.745. The third-order valence-electron chi connectivity index (χ3n) is 3.45. The highest BCUT2D eigenvalue weighted by Crippen LogP contribution is 2.08. The maximum absolute atomic E-state index is 11.6. The number of carbonyl (C=O) groups is 1. The zero-order valence-corrected chi connectivity index (χ0v) is 13.1. The van der Waals surface area contributed by atoms with Gasteiger partial charge in [0.25, 0.3) is 5.91 Å². The summed E-state index contributed by atoms with van der Waals surface area (Å²) >= 11 is 0. The summed E-state index contributed by atoms with van der Waals surface area (Å²) in [5, 5.41) is 14.4. The van der Waals surface area contributed by atoms with Crippen molar-refractivity contribution in [2.45, 2.75) is 13.3 Å². The van der Waals surface area contributed by atoms with Crippen LogP contribution < -0.4 is 10.6 Å². The van der Waals surface area contributed by atoms with Gasteiger partial charge in [-0.2, -0.15) is 0 Å². The van der Waals surface area contributed by atoms with Gasteiger partial charge in [0, 0.05) is 19.2 Å². The number of hydrogen-bond acceptors (Lipinski definition) is 5. The molecule has 0 bridgehead atoms. The first-order chi connectivity index (χ1) is 11.2. The van der Waals surface area contributed by atoms with Crippen LogP contribution >= 0.6 is 0 Å². The van der Waals surface area contributed by atoms with E-state index in [4.69, 9.17) is 0 Å². The van der Waals surface area contributed by atoms with Crippen LogP contribution in [0.2, 0.25) is 0 Å². The molecule has 0 saturated carbocycles. The summed E-state index contributed by atoms with van der Waals surface area (Å²) in [6.45, 7) is 2.55. The van der Waals surface area contributed by atoms with Crippen LogP contribution in [0.5, 0.6) is 0 Å². The van der Waals surface area contributed by atoms with Crippen molar-refractivity contribution in [2.24, 2.45) is 0 Å². The topological polar surface area (TPSA) is 84.2 Å². The van der Waals surface area contributed by atoms with Gasteiger partial charge < -0.3 is 10.6 Å². The molecule has 0 aliphatic rings. The van der Waals surface area contributed by atoms with Gasteiger partial charge in [-0.05, 0) is 43.2 Å². The van der Waals surface area contributed by atoms with E-state index >= 15 is 0 Å². The number of anilines is 1. The summed E-state index contributed by atoms with van der Waals surface area (Å²) in [5.74, 6) is 1.36. The smallest absolute Gasteiger partial charge is 0.251 e. The molecule has 0 atom stereocenters. The Morgan fingerprint density at radius 1 is 1.22 bits per heavy atom. The molecular formula is C16H18N6O. The number of carbonyl (C=O) groups excluding carboxylic acids is 1. The normalized spacial score (nSPS) is 10.7. The van der Waals surface area contributed by atoms with Crippen LogP contribution in [0.25, 0.3) is 5.65 Å². The van der Waals surface area contributed by atoms with Crippen molar-refractivity contribution in [3.63, 3.8) is 0 Å². The highest BCUT2D eigenvalue weighted by molar-refractivity contribution is 5.94. The Hall–Kier alpha value is -2.96. The lowest BCUT2D eigenvalue weighted by atomic mass is 10.1. The number of aryl methyl sites for hydroxylation is 1. The predicted octanol–water partition coefficient (Wildman–Crippen LogP) is 1.45. The first-order valence-electron chi connectivity index (χ1n) is 7.41. The molecule has 7 nitrogen and oxygen atoms in total. The lowest BCUT2D eigenvalue weighted by Crippen LogP contribution is -2.18. The molecule has 0 aliphatic carbocycles. The maximum atomic E-state index is 11.6. The van der Waals surface area contributed by atoms with Gasteiger partial charge in [0.2, 0.25) is 0 Å². The summed E-state index contributed by atoms with van der Waals surface area (Å²) in [7, 11) is 1.63. The number of rotatable bonds is 5. The Morgan fingerprint density at radius 3 is 2.91 bits per heavy atom. The van der Waals surface area contributed by atoms with E-state index in [-0.39, 0.29) is 5.91 Å². The van der Waals surface area contributed by atoms with Gasteiger partial charge in [0.15, 0.2) is 5.65 Å². The monoisotopic (exact) mass is 310 g/mol. The van der Waals surface area contributed by atoms with Crippen LogP contribution in [0.1, 0.15) is 21.7 Å². The van der Waals surface area contributed by atoms with Crippen molar-refractivity contribution in [2.75, 3.05) is 18.9 Å². The van der Waals surface area contributed by atoms with Crippen molar-refractivity contribution >= 4 is 17.4 Å². The summed E-state index contributed by atoms with van der Waals surface area (Å²) < 4.78 is 1.52. The minimum atomic E-state index is -0.0755. The van der Waals surface area contributed by atoms with Crippen molar-refractivity contribution in [1.29, 1.82) is 0 Å². The van der Waals surface area contributed by atoms with E-state index in [0.29, 0.717) is 17.9 Å². The molecule has 0 fully saturated rings. The third kappa shape index (κ3) is 3.45. The van der Waals surface area contributed by atoms with Crippen LogP contribution in [-0.4, -0.2) is 39.3 Å². The molecule has 0 spiro atoms. The number of aromatic nitrogens is 4. The SMILES string of the molecule is CNC(=O)c1cccc(CCNc2ccc3nc(C)nn3n2)c1. The number of nitrogens with zero attached hydrogens (tertiary/aromatic N) is 4. The van der Waals surface area contributed by atoms with Gasteiger partial charge in [-0.25, -0.2) is 4.98 Å². The van der Waals surface area contributed by atoms with E-state index in [0.717, 1.165) is 23.4 Å². The molecule has 0 saturated heterocycles. The molecule has 0 radical (unpaired) electrons. The summed E-state index contributed by atoms with van der Waals surface area (Å²) in [6, 6.07) is 11.4. The molecule has 7 heteroatoms. The Morgan fingerprint density at radius 2 is 2.09 bits per heavy atom. The summed E-state index contributed by atoms with van der Waals surface area (Å²) in [5.41, 5.74) is 2.49. The van der Waals surface area contributed by atoms with Crippen LogP contribution in [0.4, 0.5) is 5.82 Å². The first kappa shape index (κ1) is 15.0. The second-order valence-corrected chi connectivity index (χ2v) is 5.18. The fourth-order valence-electron chi connectivity index (χ4n) is 2.33. The van der Waals surface area contributed by atoms with E-state index in [1.165, 1.54) is 4.63 Å². The fourth-order valence-corrected chi connectivity index (χ4v) is 2.33. The highest BCUT2D eigenvalue weighted by Gasteiger charge is 2.04. The molecule has 0 unspecified atom stereocenters. The lowest BCUT2D eigenvalue weighted by molar-refractivity contribution is 0.0963. The van der Waals surface area contributed by atoms with Crippen LogP contribution in [0, 0.1) is 6.92 Å². The molecule has 23 heavy (non-hydrogen) atoms. The van der Waals surface area contributed by atoms with Crippen LogP contribution in [-0.2, 0) is 6.42 Å². The highest BCUT2D eigenvalue weighted by atomic mass is 16.1. The first-order valence-corrected chi connectivity index (χ1v) is 7.41. The van der Waals surface area contributed by atoms with Gasteiger partial charge in [0.05, 0.1) is 0 Å². The molecule has 118 valence electrons.